The number of nitrogens with two attached hydrogens (primary N) is 1. The molecule has 2 aromatic rings. The fraction of sp³-hybridized carbons (Fsp3) is 0.500. The number of hydrogen-bond donors (Lipinski definition) is 1. The second-order valence-electron chi connectivity index (χ2n) is 5.25. The van der Waals surface area contributed by atoms with E-state index in [1.165, 1.54) is 24.2 Å². The van der Waals surface area contributed by atoms with Crippen LogP contribution in [0.5, 0.6) is 0 Å². The van der Waals surface area contributed by atoms with Gasteiger partial charge >= 0.3 is 0 Å². The summed E-state index contributed by atoms with van der Waals surface area (Å²) in [6.45, 7) is 5.01. The summed E-state index contributed by atoms with van der Waals surface area (Å²) in [6.07, 6.45) is 2.59. The van der Waals surface area contributed by atoms with Crippen LogP contribution >= 0.6 is 0 Å². The molecule has 0 bridgehead atoms. The van der Waals surface area contributed by atoms with Crippen molar-refractivity contribution in [1.29, 1.82) is 0 Å². The first kappa shape index (κ1) is 10.8. The molecule has 0 radical (unpaired) electrons. The van der Waals surface area contributed by atoms with Crippen molar-refractivity contribution in [2.24, 2.45) is 5.73 Å². The van der Waals surface area contributed by atoms with Crippen LogP contribution in [-0.4, -0.2) is 9.55 Å². The Labute approximate surface area is 102 Å². The molecule has 0 aliphatic heterocycles. The topological polar surface area (TPSA) is 43.8 Å². The maximum absolute atomic E-state index is 5.68. The Balaban J connectivity index is 2.22. The highest BCUT2D eigenvalue weighted by atomic mass is 15.1. The van der Waals surface area contributed by atoms with Gasteiger partial charge in [-0.25, -0.2) is 4.98 Å². The van der Waals surface area contributed by atoms with Gasteiger partial charge in [0.25, 0.3) is 0 Å². The first-order chi connectivity index (χ1) is 8.20. The third-order valence-corrected chi connectivity index (χ3v) is 3.45. The number of imidazole rings is 1. The minimum Gasteiger partial charge on any atom is -0.326 e. The van der Waals surface area contributed by atoms with Crippen molar-refractivity contribution in [1.82, 2.24) is 9.55 Å². The molecule has 3 nitrogen and oxygen atoms in total. The molecule has 1 aliphatic carbocycles. The summed E-state index contributed by atoms with van der Waals surface area (Å²) in [6, 6.07) is 7.10. The van der Waals surface area contributed by atoms with E-state index in [9.17, 15) is 0 Å². The molecule has 1 aromatic heterocycles. The van der Waals surface area contributed by atoms with Crippen molar-refractivity contribution in [2.75, 3.05) is 0 Å². The zero-order chi connectivity index (χ0) is 12.0. The number of aromatic nitrogens is 2. The second-order valence-corrected chi connectivity index (χ2v) is 5.25. The molecule has 17 heavy (non-hydrogen) atoms. The maximum atomic E-state index is 5.68. The zero-order valence-electron chi connectivity index (χ0n) is 10.5. The molecule has 1 fully saturated rings. The third kappa shape index (κ3) is 1.75. The van der Waals surface area contributed by atoms with Gasteiger partial charge in [-0.1, -0.05) is 19.9 Å². The molecule has 1 aromatic carbocycles. The Morgan fingerprint density at radius 3 is 2.76 bits per heavy atom. The molecular weight excluding hydrogens is 210 g/mol. The number of nitrogens with zero attached hydrogens (tertiary/aromatic N) is 2. The number of rotatable bonds is 3. The summed E-state index contributed by atoms with van der Waals surface area (Å²) in [5.41, 5.74) is 9.22. The zero-order valence-corrected chi connectivity index (χ0v) is 10.5. The van der Waals surface area contributed by atoms with Crippen molar-refractivity contribution >= 4 is 11.0 Å². The van der Waals surface area contributed by atoms with Gasteiger partial charge in [0, 0.05) is 18.5 Å². The average Bonchev–Trinajstić information content (AvgIpc) is 3.08. The Bertz CT molecular complexity index is 550. The summed E-state index contributed by atoms with van der Waals surface area (Å²) in [4.78, 5) is 4.79. The van der Waals surface area contributed by atoms with Gasteiger partial charge in [0.15, 0.2) is 0 Å². The molecule has 3 heteroatoms. The molecule has 0 amide bonds. The average molecular weight is 229 g/mol. The summed E-state index contributed by atoms with van der Waals surface area (Å²) < 4.78 is 2.43. The predicted molar refractivity (Wildman–Crippen MR) is 70.0 cm³/mol. The van der Waals surface area contributed by atoms with Crippen molar-refractivity contribution < 1.29 is 0 Å². The SMILES string of the molecule is CC(C)c1nc2cc(CN)ccc2n1C1CC1. The highest BCUT2D eigenvalue weighted by molar-refractivity contribution is 5.77. The van der Waals surface area contributed by atoms with Crippen molar-refractivity contribution in [2.45, 2.75) is 45.2 Å². The Hall–Kier alpha value is -1.35. The van der Waals surface area contributed by atoms with Crippen molar-refractivity contribution in [3.05, 3.63) is 29.6 Å². The lowest BCUT2D eigenvalue weighted by Gasteiger charge is -2.09. The van der Waals surface area contributed by atoms with E-state index in [4.69, 9.17) is 10.7 Å². The second kappa shape index (κ2) is 3.84. The third-order valence-electron chi connectivity index (χ3n) is 3.45. The van der Waals surface area contributed by atoms with Crippen LogP contribution in [0.15, 0.2) is 18.2 Å². The smallest absolute Gasteiger partial charge is 0.112 e. The minimum atomic E-state index is 0.476. The van der Waals surface area contributed by atoms with Crippen LogP contribution in [0.1, 0.15) is 50.0 Å². The number of hydrogen-bond acceptors (Lipinski definition) is 2. The van der Waals surface area contributed by atoms with E-state index in [0.29, 0.717) is 18.5 Å². The van der Waals surface area contributed by atoms with Crippen molar-refractivity contribution in [3.8, 4) is 0 Å². The molecular formula is C14H19N3. The van der Waals surface area contributed by atoms with Gasteiger partial charge in [-0.3, -0.25) is 0 Å². The fourth-order valence-corrected chi connectivity index (χ4v) is 2.41. The van der Waals surface area contributed by atoms with Crippen LogP contribution in [0.25, 0.3) is 11.0 Å². The molecule has 90 valence electrons. The molecule has 2 N–H and O–H groups in total. The summed E-state index contributed by atoms with van der Waals surface area (Å²) in [5.74, 6) is 1.70. The van der Waals surface area contributed by atoms with E-state index in [1.807, 2.05) is 0 Å². The Morgan fingerprint density at radius 2 is 2.18 bits per heavy atom. The lowest BCUT2D eigenvalue weighted by atomic mass is 10.2. The molecule has 1 aliphatic rings. The normalized spacial score (nSPS) is 16.0. The summed E-state index contributed by atoms with van der Waals surface area (Å²) >= 11 is 0. The van der Waals surface area contributed by atoms with Crippen LogP contribution < -0.4 is 5.73 Å². The first-order valence-electron chi connectivity index (χ1n) is 6.41. The highest BCUT2D eigenvalue weighted by Crippen LogP contribution is 2.40. The molecule has 0 saturated heterocycles. The summed E-state index contributed by atoms with van der Waals surface area (Å²) in [7, 11) is 0. The Kier molecular flexibility index (Phi) is 2.44. The molecule has 0 atom stereocenters. The van der Waals surface area contributed by atoms with E-state index in [1.54, 1.807) is 0 Å². The van der Waals surface area contributed by atoms with Gasteiger partial charge in [-0.15, -0.1) is 0 Å². The van der Waals surface area contributed by atoms with Gasteiger partial charge in [-0.2, -0.15) is 0 Å². The fourth-order valence-electron chi connectivity index (χ4n) is 2.41. The number of fused-ring (bicyclic) bond motifs is 1. The molecule has 1 saturated carbocycles. The standard InChI is InChI=1S/C14H19N3/c1-9(2)14-16-12-7-10(8-15)3-6-13(12)17(14)11-4-5-11/h3,6-7,9,11H,4-5,8,15H2,1-2H3. The van der Waals surface area contributed by atoms with Crippen LogP contribution in [0.3, 0.4) is 0 Å². The van der Waals surface area contributed by atoms with E-state index < -0.39 is 0 Å². The maximum Gasteiger partial charge on any atom is 0.112 e. The minimum absolute atomic E-state index is 0.476. The van der Waals surface area contributed by atoms with Crippen LogP contribution in [-0.2, 0) is 6.54 Å². The molecule has 0 unspecified atom stereocenters. The molecule has 1 heterocycles. The lowest BCUT2D eigenvalue weighted by Crippen LogP contribution is -2.03. The van der Waals surface area contributed by atoms with E-state index >= 15 is 0 Å². The largest absolute Gasteiger partial charge is 0.326 e. The van der Waals surface area contributed by atoms with Gasteiger partial charge in [0.1, 0.15) is 5.82 Å². The first-order valence-corrected chi connectivity index (χ1v) is 6.41. The van der Waals surface area contributed by atoms with Gasteiger partial charge in [0.2, 0.25) is 0 Å². The van der Waals surface area contributed by atoms with E-state index in [2.05, 4.69) is 36.6 Å². The van der Waals surface area contributed by atoms with Gasteiger partial charge in [0.05, 0.1) is 11.0 Å². The Morgan fingerprint density at radius 1 is 1.41 bits per heavy atom. The van der Waals surface area contributed by atoms with Gasteiger partial charge in [-0.05, 0) is 30.5 Å². The molecule has 3 rings (SSSR count). The van der Waals surface area contributed by atoms with E-state index in [-0.39, 0.29) is 0 Å². The van der Waals surface area contributed by atoms with E-state index in [0.717, 1.165) is 11.1 Å². The van der Waals surface area contributed by atoms with Crippen LogP contribution in [0, 0.1) is 0 Å². The van der Waals surface area contributed by atoms with Crippen LogP contribution in [0.4, 0.5) is 0 Å². The summed E-state index contributed by atoms with van der Waals surface area (Å²) in [5, 5.41) is 0. The quantitative estimate of drug-likeness (QED) is 0.879. The number of benzene rings is 1. The van der Waals surface area contributed by atoms with Crippen molar-refractivity contribution in [3.63, 3.8) is 0 Å². The van der Waals surface area contributed by atoms with Crippen LogP contribution in [0.2, 0.25) is 0 Å². The predicted octanol–water partition coefficient (Wildman–Crippen LogP) is 2.95. The molecule has 0 spiro atoms. The highest BCUT2D eigenvalue weighted by Gasteiger charge is 2.28. The lowest BCUT2D eigenvalue weighted by molar-refractivity contribution is 0.654. The van der Waals surface area contributed by atoms with Gasteiger partial charge < -0.3 is 10.3 Å². The monoisotopic (exact) mass is 229 g/mol.